The van der Waals surface area contributed by atoms with Crippen molar-refractivity contribution >= 4 is 0 Å². The smallest absolute Gasteiger partial charge is 0.191 e. The van der Waals surface area contributed by atoms with Crippen molar-refractivity contribution in [3.63, 3.8) is 0 Å². The standard InChI is InChI=1S/C35H42F2O/c1-3-4-25-7-13-28(14-8-25)30-17-19-31(20-18-30)32-21-33(36)35(34(37)22-32)38-23-26-9-15-29(16-10-26)27-11-5-24(2)6-12-27/h5-6,9-12,15-16,21-22,25,28,30-31H,3-4,7-8,13-14,17-20,23H2,1-2H3. The molecule has 38 heavy (non-hydrogen) atoms. The number of rotatable bonds is 8. The van der Waals surface area contributed by atoms with E-state index in [2.05, 4.69) is 38.1 Å². The van der Waals surface area contributed by atoms with Crippen molar-refractivity contribution in [2.45, 2.75) is 90.6 Å². The highest BCUT2D eigenvalue weighted by Gasteiger charge is 2.31. The zero-order chi connectivity index (χ0) is 26.5. The summed E-state index contributed by atoms with van der Waals surface area (Å²) in [6.07, 6.45) is 12.7. The van der Waals surface area contributed by atoms with E-state index in [-0.39, 0.29) is 18.3 Å². The van der Waals surface area contributed by atoms with Crippen molar-refractivity contribution in [1.29, 1.82) is 0 Å². The molecule has 5 rings (SSSR count). The normalized spacial score (nSPS) is 23.8. The largest absolute Gasteiger partial charge is 0.483 e. The van der Waals surface area contributed by atoms with E-state index in [1.54, 1.807) is 0 Å². The Hall–Kier alpha value is -2.68. The fourth-order valence-corrected chi connectivity index (χ4v) is 6.93. The molecule has 3 aromatic rings. The highest BCUT2D eigenvalue weighted by molar-refractivity contribution is 5.63. The van der Waals surface area contributed by atoms with Crippen molar-refractivity contribution in [3.8, 4) is 16.9 Å². The van der Waals surface area contributed by atoms with Crippen molar-refractivity contribution in [3.05, 3.63) is 89.0 Å². The lowest BCUT2D eigenvalue weighted by Crippen LogP contribution is -2.25. The van der Waals surface area contributed by atoms with Gasteiger partial charge in [-0.1, -0.05) is 86.7 Å². The molecule has 0 atom stereocenters. The first-order chi connectivity index (χ1) is 18.5. The Kier molecular flexibility index (Phi) is 8.82. The number of ether oxygens (including phenoxy) is 1. The lowest BCUT2D eigenvalue weighted by atomic mass is 9.68. The second-order valence-corrected chi connectivity index (χ2v) is 11.8. The van der Waals surface area contributed by atoms with Crippen LogP contribution < -0.4 is 4.74 Å². The molecule has 2 aliphatic carbocycles. The van der Waals surface area contributed by atoms with Crippen LogP contribution in [0, 0.1) is 36.3 Å². The van der Waals surface area contributed by atoms with Gasteiger partial charge in [-0.15, -0.1) is 0 Å². The maximum Gasteiger partial charge on any atom is 0.191 e. The van der Waals surface area contributed by atoms with E-state index >= 15 is 0 Å². The minimum absolute atomic E-state index is 0.132. The second-order valence-electron chi connectivity index (χ2n) is 11.8. The Labute approximate surface area is 227 Å². The number of halogens is 2. The SMILES string of the molecule is CCCC1CCC(C2CCC(c3cc(F)c(OCc4ccc(-c5ccc(C)cc5)cc4)c(F)c3)CC2)CC1. The molecular weight excluding hydrogens is 474 g/mol. The van der Waals surface area contributed by atoms with E-state index in [1.165, 1.54) is 69.1 Å². The van der Waals surface area contributed by atoms with Gasteiger partial charge in [0.25, 0.3) is 0 Å². The molecule has 2 saturated carbocycles. The Morgan fingerprint density at radius 3 is 1.79 bits per heavy atom. The van der Waals surface area contributed by atoms with E-state index in [1.807, 2.05) is 24.3 Å². The van der Waals surface area contributed by atoms with Crippen molar-refractivity contribution in [2.24, 2.45) is 17.8 Å². The second kappa shape index (κ2) is 12.5. The molecule has 1 nitrogen and oxygen atoms in total. The van der Waals surface area contributed by atoms with Crippen LogP contribution in [0.2, 0.25) is 0 Å². The predicted octanol–water partition coefficient (Wildman–Crippen LogP) is 10.4. The van der Waals surface area contributed by atoms with Gasteiger partial charge in [-0.2, -0.15) is 0 Å². The number of hydrogen-bond donors (Lipinski definition) is 0. The summed E-state index contributed by atoms with van der Waals surface area (Å²) >= 11 is 0. The molecule has 0 bridgehead atoms. The van der Waals surface area contributed by atoms with E-state index in [0.29, 0.717) is 0 Å². The monoisotopic (exact) mass is 516 g/mol. The molecule has 0 amide bonds. The van der Waals surface area contributed by atoms with Crippen LogP contribution in [0.3, 0.4) is 0 Å². The minimum atomic E-state index is -0.590. The first-order valence-electron chi connectivity index (χ1n) is 14.8. The molecule has 0 N–H and O–H groups in total. The maximum atomic E-state index is 15.0. The Bertz CT molecular complexity index is 1140. The number of benzene rings is 3. The van der Waals surface area contributed by atoms with Crippen LogP contribution in [0.5, 0.6) is 5.75 Å². The summed E-state index contributed by atoms with van der Waals surface area (Å²) in [6.45, 7) is 4.50. The van der Waals surface area contributed by atoms with Gasteiger partial charge in [-0.3, -0.25) is 0 Å². The number of aryl methyl sites for hydroxylation is 1. The van der Waals surface area contributed by atoms with Crippen LogP contribution in [-0.4, -0.2) is 0 Å². The summed E-state index contributed by atoms with van der Waals surface area (Å²) in [5.74, 6) is 1.39. The van der Waals surface area contributed by atoms with Crippen LogP contribution in [0.15, 0.2) is 60.7 Å². The van der Waals surface area contributed by atoms with Crippen molar-refractivity contribution < 1.29 is 13.5 Å². The fraction of sp³-hybridized carbons (Fsp3) is 0.486. The summed E-state index contributed by atoms with van der Waals surface area (Å²) in [5, 5.41) is 0. The molecule has 3 aromatic carbocycles. The Morgan fingerprint density at radius 2 is 1.24 bits per heavy atom. The van der Waals surface area contributed by atoms with Crippen LogP contribution in [-0.2, 0) is 6.61 Å². The van der Waals surface area contributed by atoms with Crippen LogP contribution in [0.25, 0.3) is 11.1 Å². The third-order valence-corrected chi connectivity index (χ3v) is 9.24. The molecule has 2 aliphatic rings. The third kappa shape index (κ3) is 6.47. The summed E-state index contributed by atoms with van der Waals surface area (Å²) < 4.78 is 35.6. The molecule has 2 fully saturated rings. The molecule has 0 radical (unpaired) electrons. The lowest BCUT2D eigenvalue weighted by Gasteiger charge is -2.38. The quantitative estimate of drug-likeness (QED) is 0.289. The first-order valence-corrected chi connectivity index (χ1v) is 14.8. The maximum absolute atomic E-state index is 15.0. The van der Waals surface area contributed by atoms with Gasteiger partial charge >= 0.3 is 0 Å². The van der Waals surface area contributed by atoms with Gasteiger partial charge in [0.1, 0.15) is 6.61 Å². The minimum Gasteiger partial charge on any atom is -0.483 e. The van der Waals surface area contributed by atoms with E-state index in [0.717, 1.165) is 52.8 Å². The average Bonchev–Trinajstić information content (AvgIpc) is 2.94. The summed E-state index contributed by atoms with van der Waals surface area (Å²) in [5.41, 5.74) is 5.14. The van der Waals surface area contributed by atoms with Crippen molar-refractivity contribution in [2.75, 3.05) is 0 Å². The van der Waals surface area contributed by atoms with Gasteiger partial charge in [-0.05, 0) is 104 Å². The van der Waals surface area contributed by atoms with Crippen LogP contribution in [0.1, 0.15) is 93.7 Å². The van der Waals surface area contributed by atoms with E-state index in [9.17, 15) is 8.78 Å². The van der Waals surface area contributed by atoms with E-state index in [4.69, 9.17) is 4.74 Å². The van der Waals surface area contributed by atoms with Gasteiger partial charge in [0.15, 0.2) is 17.4 Å². The van der Waals surface area contributed by atoms with Gasteiger partial charge < -0.3 is 4.74 Å². The Balaban J connectivity index is 1.14. The van der Waals surface area contributed by atoms with Gasteiger partial charge in [0.2, 0.25) is 0 Å². The summed E-state index contributed by atoms with van der Waals surface area (Å²) in [4.78, 5) is 0. The van der Waals surface area contributed by atoms with E-state index < -0.39 is 11.6 Å². The molecular formula is C35H42F2O. The molecule has 0 spiro atoms. The topological polar surface area (TPSA) is 9.23 Å². The summed E-state index contributed by atoms with van der Waals surface area (Å²) in [7, 11) is 0. The number of hydrogen-bond acceptors (Lipinski definition) is 1. The molecule has 0 heterocycles. The highest BCUT2D eigenvalue weighted by atomic mass is 19.1. The van der Waals surface area contributed by atoms with Crippen LogP contribution >= 0.6 is 0 Å². The van der Waals surface area contributed by atoms with Crippen molar-refractivity contribution in [1.82, 2.24) is 0 Å². The lowest BCUT2D eigenvalue weighted by molar-refractivity contribution is 0.156. The zero-order valence-electron chi connectivity index (χ0n) is 23.0. The average molecular weight is 517 g/mol. The zero-order valence-corrected chi connectivity index (χ0v) is 23.0. The predicted molar refractivity (Wildman–Crippen MR) is 152 cm³/mol. The molecule has 0 aliphatic heterocycles. The molecule has 0 aromatic heterocycles. The highest BCUT2D eigenvalue weighted by Crippen LogP contribution is 2.45. The van der Waals surface area contributed by atoms with Gasteiger partial charge in [0.05, 0.1) is 0 Å². The molecule has 3 heteroatoms. The third-order valence-electron chi connectivity index (χ3n) is 9.24. The fourth-order valence-electron chi connectivity index (χ4n) is 6.93. The molecule has 0 unspecified atom stereocenters. The van der Waals surface area contributed by atoms with Crippen LogP contribution in [0.4, 0.5) is 8.78 Å². The summed E-state index contributed by atoms with van der Waals surface area (Å²) in [6, 6.07) is 19.3. The van der Waals surface area contributed by atoms with Gasteiger partial charge in [0, 0.05) is 0 Å². The molecule has 0 saturated heterocycles. The molecule has 202 valence electrons. The first kappa shape index (κ1) is 26.9. The van der Waals surface area contributed by atoms with Gasteiger partial charge in [-0.25, -0.2) is 8.78 Å². The Morgan fingerprint density at radius 1 is 0.711 bits per heavy atom.